The van der Waals surface area contributed by atoms with Gasteiger partial charge in [-0.3, -0.25) is 4.79 Å². The highest BCUT2D eigenvalue weighted by Crippen LogP contribution is 2.17. The van der Waals surface area contributed by atoms with Gasteiger partial charge < -0.3 is 15.0 Å². The van der Waals surface area contributed by atoms with Gasteiger partial charge in [0.1, 0.15) is 5.82 Å². The number of aromatic nitrogens is 2. The van der Waals surface area contributed by atoms with Crippen LogP contribution in [0.25, 0.3) is 11.0 Å². The van der Waals surface area contributed by atoms with Crippen molar-refractivity contribution in [3.8, 4) is 0 Å². The Morgan fingerprint density at radius 2 is 1.77 bits per heavy atom. The lowest BCUT2D eigenvalue weighted by molar-refractivity contribution is 0.0749. The molecule has 0 aliphatic rings. The molecule has 0 aliphatic heterocycles. The predicted molar refractivity (Wildman–Crippen MR) is 106 cm³/mol. The Hall–Kier alpha value is -1.88. The summed E-state index contributed by atoms with van der Waals surface area (Å²) in [5.41, 5.74) is 2.49. The molecule has 2 rings (SSSR count). The Balaban J connectivity index is 2.11. The summed E-state index contributed by atoms with van der Waals surface area (Å²) in [5.74, 6) is 0.979. The minimum Gasteiger partial charge on any atom is -0.396 e. The molecule has 1 aromatic heterocycles. The van der Waals surface area contributed by atoms with Gasteiger partial charge in [-0.1, -0.05) is 39.5 Å². The minimum absolute atomic E-state index is 0.116. The Labute approximate surface area is 156 Å². The molecule has 0 fully saturated rings. The maximum Gasteiger partial charge on any atom is 0.253 e. The highest BCUT2D eigenvalue weighted by Gasteiger charge is 2.16. The Morgan fingerprint density at radius 3 is 2.38 bits per heavy atom. The van der Waals surface area contributed by atoms with Gasteiger partial charge in [-0.2, -0.15) is 0 Å². The summed E-state index contributed by atoms with van der Waals surface area (Å²) >= 11 is 0. The van der Waals surface area contributed by atoms with E-state index in [4.69, 9.17) is 5.11 Å². The third-order valence-corrected chi connectivity index (χ3v) is 4.70. The van der Waals surface area contributed by atoms with Crippen LogP contribution in [0.1, 0.15) is 75.0 Å². The molecule has 26 heavy (non-hydrogen) atoms. The number of nitrogens with zero attached hydrogens (tertiary/aromatic N) is 2. The van der Waals surface area contributed by atoms with E-state index in [1.165, 1.54) is 0 Å². The number of carbonyl (C=O) groups excluding carboxylic acids is 1. The molecule has 1 heterocycles. The second-order valence-corrected chi connectivity index (χ2v) is 6.95. The molecular formula is C21H33N3O2. The molecule has 1 amide bonds. The van der Waals surface area contributed by atoms with Crippen molar-refractivity contribution in [1.29, 1.82) is 0 Å². The molecule has 0 saturated heterocycles. The van der Waals surface area contributed by atoms with Crippen molar-refractivity contribution < 1.29 is 9.90 Å². The van der Waals surface area contributed by atoms with Crippen molar-refractivity contribution in [3.63, 3.8) is 0 Å². The summed E-state index contributed by atoms with van der Waals surface area (Å²) in [6, 6.07) is 5.71. The number of benzene rings is 1. The fourth-order valence-electron chi connectivity index (χ4n) is 3.16. The third-order valence-electron chi connectivity index (χ3n) is 4.70. The van der Waals surface area contributed by atoms with Crippen LogP contribution in [-0.4, -0.2) is 45.6 Å². The van der Waals surface area contributed by atoms with Gasteiger partial charge in [0, 0.05) is 31.7 Å². The summed E-state index contributed by atoms with van der Waals surface area (Å²) in [7, 11) is 0. The van der Waals surface area contributed by atoms with Crippen molar-refractivity contribution in [2.45, 2.75) is 65.2 Å². The van der Waals surface area contributed by atoms with E-state index >= 15 is 0 Å². The fourth-order valence-corrected chi connectivity index (χ4v) is 3.16. The number of nitrogens with one attached hydrogen (secondary N) is 1. The number of aromatic amines is 1. The van der Waals surface area contributed by atoms with Crippen molar-refractivity contribution in [1.82, 2.24) is 14.9 Å². The first-order valence-electron chi connectivity index (χ1n) is 10.1. The molecule has 0 saturated carbocycles. The maximum absolute atomic E-state index is 13.0. The van der Waals surface area contributed by atoms with Crippen molar-refractivity contribution in [2.75, 3.05) is 19.7 Å². The number of rotatable bonds is 12. The van der Waals surface area contributed by atoms with Gasteiger partial charge in [0.15, 0.2) is 0 Å². The number of amides is 1. The number of aryl methyl sites for hydroxylation is 1. The quantitative estimate of drug-likeness (QED) is 0.555. The normalized spacial score (nSPS) is 11.2. The fraction of sp³-hybridized carbons (Fsp3) is 0.619. The lowest BCUT2D eigenvalue weighted by Crippen LogP contribution is -2.33. The zero-order valence-electron chi connectivity index (χ0n) is 16.3. The zero-order valence-corrected chi connectivity index (χ0v) is 16.3. The van der Waals surface area contributed by atoms with E-state index in [-0.39, 0.29) is 12.5 Å². The average molecular weight is 360 g/mol. The molecule has 0 bridgehead atoms. The summed E-state index contributed by atoms with van der Waals surface area (Å²) in [6.07, 6.45) is 8.17. The van der Waals surface area contributed by atoms with Crippen LogP contribution in [0.2, 0.25) is 0 Å². The van der Waals surface area contributed by atoms with Crippen LogP contribution in [0.3, 0.4) is 0 Å². The Kier molecular flexibility index (Phi) is 8.62. The molecule has 2 aromatic rings. The standard InChI is InChI=1S/C21H33N3O2/c1-3-5-7-13-24(14-8-6-4-2)21(26)17-11-12-18-19(16-17)23-20(22-18)10-9-15-25/h11-12,16,25H,3-10,13-15H2,1-2H3,(H,22,23). The Bertz CT molecular complexity index is 671. The monoisotopic (exact) mass is 359 g/mol. The summed E-state index contributed by atoms with van der Waals surface area (Å²) in [5, 5.41) is 8.97. The highest BCUT2D eigenvalue weighted by molar-refractivity contribution is 5.97. The van der Waals surface area contributed by atoms with E-state index in [0.29, 0.717) is 12.8 Å². The van der Waals surface area contributed by atoms with Gasteiger partial charge in [0.05, 0.1) is 11.0 Å². The molecule has 2 N–H and O–H groups in total. The first-order valence-corrected chi connectivity index (χ1v) is 10.1. The van der Waals surface area contributed by atoms with Crippen LogP contribution < -0.4 is 0 Å². The third kappa shape index (κ3) is 5.84. The van der Waals surface area contributed by atoms with Crippen LogP contribution in [0.5, 0.6) is 0 Å². The molecule has 0 unspecified atom stereocenters. The van der Waals surface area contributed by atoms with Crippen LogP contribution in [0.15, 0.2) is 18.2 Å². The van der Waals surface area contributed by atoms with Crippen molar-refractivity contribution >= 4 is 16.9 Å². The van der Waals surface area contributed by atoms with Crippen LogP contribution >= 0.6 is 0 Å². The molecule has 1 aromatic carbocycles. The largest absolute Gasteiger partial charge is 0.396 e. The van der Waals surface area contributed by atoms with Crippen LogP contribution in [0.4, 0.5) is 0 Å². The average Bonchev–Trinajstić information content (AvgIpc) is 3.06. The van der Waals surface area contributed by atoms with E-state index in [9.17, 15) is 4.79 Å². The molecule has 5 nitrogen and oxygen atoms in total. The van der Waals surface area contributed by atoms with Gasteiger partial charge in [-0.25, -0.2) is 4.98 Å². The number of hydrogen-bond acceptors (Lipinski definition) is 3. The highest BCUT2D eigenvalue weighted by atomic mass is 16.2. The molecule has 0 atom stereocenters. The predicted octanol–water partition coefficient (Wildman–Crippen LogP) is 4.31. The smallest absolute Gasteiger partial charge is 0.253 e. The minimum atomic E-state index is 0.116. The maximum atomic E-state index is 13.0. The summed E-state index contributed by atoms with van der Waals surface area (Å²) in [6.45, 7) is 6.19. The van der Waals surface area contributed by atoms with Gasteiger partial charge in [-0.05, 0) is 37.5 Å². The van der Waals surface area contributed by atoms with E-state index in [1.54, 1.807) is 0 Å². The van der Waals surface area contributed by atoms with E-state index in [0.717, 1.165) is 74.0 Å². The molecule has 0 radical (unpaired) electrons. The zero-order chi connectivity index (χ0) is 18.8. The summed E-state index contributed by atoms with van der Waals surface area (Å²) < 4.78 is 0. The topological polar surface area (TPSA) is 69.2 Å². The molecule has 144 valence electrons. The molecule has 0 spiro atoms. The van der Waals surface area contributed by atoms with Crippen LogP contribution in [-0.2, 0) is 6.42 Å². The van der Waals surface area contributed by atoms with E-state index < -0.39 is 0 Å². The SMILES string of the molecule is CCCCCN(CCCCC)C(=O)c1ccc2nc(CCCO)[nH]c2c1. The van der Waals surface area contributed by atoms with Crippen molar-refractivity contribution in [2.24, 2.45) is 0 Å². The number of aliphatic hydroxyl groups is 1. The van der Waals surface area contributed by atoms with E-state index in [2.05, 4.69) is 23.8 Å². The lowest BCUT2D eigenvalue weighted by atomic mass is 10.1. The van der Waals surface area contributed by atoms with Gasteiger partial charge >= 0.3 is 0 Å². The first-order chi connectivity index (χ1) is 12.7. The number of carbonyl (C=O) groups is 1. The lowest BCUT2D eigenvalue weighted by Gasteiger charge is -2.23. The van der Waals surface area contributed by atoms with Gasteiger partial charge in [-0.15, -0.1) is 0 Å². The Morgan fingerprint density at radius 1 is 1.08 bits per heavy atom. The first kappa shape index (κ1) is 20.4. The number of hydrogen-bond donors (Lipinski definition) is 2. The number of aliphatic hydroxyl groups excluding tert-OH is 1. The number of fused-ring (bicyclic) bond motifs is 1. The van der Waals surface area contributed by atoms with E-state index in [1.807, 2.05) is 23.1 Å². The number of H-pyrrole nitrogens is 1. The number of imidazole rings is 1. The second kappa shape index (κ2) is 11.0. The summed E-state index contributed by atoms with van der Waals surface area (Å²) in [4.78, 5) is 22.8. The molecule has 0 aliphatic carbocycles. The second-order valence-electron chi connectivity index (χ2n) is 6.95. The molecule has 5 heteroatoms. The van der Waals surface area contributed by atoms with Gasteiger partial charge in [0.25, 0.3) is 5.91 Å². The van der Waals surface area contributed by atoms with Crippen molar-refractivity contribution in [3.05, 3.63) is 29.6 Å². The van der Waals surface area contributed by atoms with Gasteiger partial charge in [0.2, 0.25) is 0 Å². The van der Waals surface area contributed by atoms with Crippen LogP contribution in [0, 0.1) is 0 Å². The number of unbranched alkanes of at least 4 members (excludes halogenated alkanes) is 4. The molecular weight excluding hydrogens is 326 g/mol.